The summed E-state index contributed by atoms with van der Waals surface area (Å²) in [5.41, 5.74) is 0.104. The highest BCUT2D eigenvalue weighted by molar-refractivity contribution is 9.10. The highest BCUT2D eigenvalue weighted by Gasteiger charge is 2.39. The fourth-order valence-corrected chi connectivity index (χ4v) is 3.06. The minimum Gasteiger partial charge on any atom is -0.480 e. The van der Waals surface area contributed by atoms with Gasteiger partial charge in [-0.1, -0.05) is 41.6 Å². The molecule has 0 aliphatic heterocycles. The number of nitriles is 1. The van der Waals surface area contributed by atoms with Crippen LogP contribution in [0.2, 0.25) is 0 Å². The standard InChI is InChI=1S/C15H17BrN2O2/c16-12-6-5-11(10-17)13(9-12)18-15(14(19)20)7-3-1-2-4-8-15/h5-6,9,18H,1-4,7-8H2,(H,19,20). The van der Waals surface area contributed by atoms with Gasteiger partial charge in [-0.25, -0.2) is 4.79 Å². The third-order valence-corrected chi connectivity index (χ3v) is 4.34. The minimum absolute atomic E-state index is 0.470. The molecule has 0 aromatic heterocycles. The summed E-state index contributed by atoms with van der Waals surface area (Å²) in [6.45, 7) is 0. The van der Waals surface area contributed by atoms with E-state index in [1.54, 1.807) is 18.2 Å². The predicted octanol–water partition coefficient (Wildman–Crippen LogP) is 3.91. The summed E-state index contributed by atoms with van der Waals surface area (Å²) in [5.74, 6) is -0.830. The first-order valence-corrected chi connectivity index (χ1v) is 7.58. The molecule has 0 heterocycles. The van der Waals surface area contributed by atoms with E-state index in [1.165, 1.54) is 0 Å². The molecule has 4 nitrogen and oxygen atoms in total. The van der Waals surface area contributed by atoms with Gasteiger partial charge >= 0.3 is 5.97 Å². The van der Waals surface area contributed by atoms with Gasteiger partial charge in [0.25, 0.3) is 0 Å². The Morgan fingerprint density at radius 3 is 2.50 bits per heavy atom. The van der Waals surface area contributed by atoms with E-state index in [9.17, 15) is 9.90 Å². The molecule has 1 aromatic rings. The number of anilines is 1. The van der Waals surface area contributed by atoms with Crippen LogP contribution in [0.3, 0.4) is 0 Å². The number of halogens is 1. The number of aliphatic carboxylic acids is 1. The van der Waals surface area contributed by atoms with Gasteiger partial charge in [-0.3, -0.25) is 0 Å². The van der Waals surface area contributed by atoms with Gasteiger partial charge < -0.3 is 10.4 Å². The molecule has 0 spiro atoms. The zero-order valence-electron chi connectivity index (χ0n) is 11.2. The second-order valence-electron chi connectivity index (χ2n) is 5.23. The lowest BCUT2D eigenvalue weighted by atomic mass is 9.89. The lowest BCUT2D eigenvalue weighted by Crippen LogP contribution is -2.46. The van der Waals surface area contributed by atoms with E-state index in [-0.39, 0.29) is 0 Å². The zero-order chi connectivity index (χ0) is 14.6. The van der Waals surface area contributed by atoms with Crippen molar-refractivity contribution in [3.63, 3.8) is 0 Å². The van der Waals surface area contributed by atoms with E-state index in [2.05, 4.69) is 27.3 Å². The van der Waals surface area contributed by atoms with Crippen LogP contribution in [0.25, 0.3) is 0 Å². The molecule has 0 radical (unpaired) electrons. The molecular formula is C15H17BrN2O2. The smallest absolute Gasteiger partial charge is 0.329 e. The van der Waals surface area contributed by atoms with Crippen LogP contribution in [-0.2, 0) is 4.79 Å². The van der Waals surface area contributed by atoms with Gasteiger partial charge in [0.2, 0.25) is 0 Å². The van der Waals surface area contributed by atoms with E-state index in [0.717, 1.165) is 30.2 Å². The normalized spacial score (nSPS) is 17.8. The fourth-order valence-electron chi connectivity index (χ4n) is 2.70. The Balaban J connectivity index is 2.35. The second-order valence-corrected chi connectivity index (χ2v) is 6.14. The third-order valence-electron chi connectivity index (χ3n) is 3.84. The molecule has 1 aliphatic carbocycles. The Hall–Kier alpha value is -1.54. The SMILES string of the molecule is N#Cc1ccc(Br)cc1NC1(C(=O)O)CCCCCC1. The average molecular weight is 337 g/mol. The number of carboxylic acid groups (broad SMARTS) is 1. The minimum atomic E-state index is -0.955. The Labute approximate surface area is 126 Å². The van der Waals surface area contributed by atoms with Gasteiger partial charge in [0, 0.05) is 4.47 Å². The summed E-state index contributed by atoms with van der Waals surface area (Å²) in [6, 6.07) is 7.35. The van der Waals surface area contributed by atoms with Gasteiger partial charge in [0.1, 0.15) is 11.6 Å². The second kappa shape index (κ2) is 6.27. The topological polar surface area (TPSA) is 73.1 Å². The van der Waals surface area contributed by atoms with Gasteiger partial charge in [0.05, 0.1) is 11.3 Å². The van der Waals surface area contributed by atoms with Crippen LogP contribution in [0.5, 0.6) is 0 Å². The third kappa shape index (κ3) is 3.13. The summed E-state index contributed by atoms with van der Waals surface area (Å²) in [6.07, 6.45) is 5.13. The lowest BCUT2D eigenvalue weighted by Gasteiger charge is -2.31. The molecule has 0 saturated heterocycles. The van der Waals surface area contributed by atoms with Crippen molar-refractivity contribution in [2.45, 2.75) is 44.1 Å². The first-order chi connectivity index (χ1) is 9.57. The highest BCUT2D eigenvalue weighted by atomic mass is 79.9. The number of rotatable bonds is 3. The maximum atomic E-state index is 11.8. The molecule has 0 bridgehead atoms. The first-order valence-electron chi connectivity index (χ1n) is 6.79. The first kappa shape index (κ1) is 14.9. The maximum Gasteiger partial charge on any atom is 0.329 e. The van der Waals surface area contributed by atoms with Crippen molar-refractivity contribution in [3.8, 4) is 6.07 Å². The highest BCUT2D eigenvalue weighted by Crippen LogP contribution is 2.33. The molecule has 0 unspecified atom stereocenters. The molecule has 1 aliphatic rings. The molecule has 1 fully saturated rings. The van der Waals surface area contributed by atoms with Crippen LogP contribution in [0.1, 0.15) is 44.1 Å². The molecule has 0 atom stereocenters. The Kier molecular flexibility index (Phi) is 4.66. The van der Waals surface area contributed by atoms with Crippen LogP contribution in [0.15, 0.2) is 22.7 Å². The van der Waals surface area contributed by atoms with Crippen molar-refractivity contribution < 1.29 is 9.90 Å². The Morgan fingerprint density at radius 2 is 1.95 bits per heavy atom. The van der Waals surface area contributed by atoms with E-state index in [1.807, 2.05) is 0 Å². The van der Waals surface area contributed by atoms with Gasteiger partial charge in [-0.05, 0) is 31.0 Å². The molecule has 2 N–H and O–H groups in total. The van der Waals surface area contributed by atoms with Gasteiger partial charge in [-0.15, -0.1) is 0 Å². The molecule has 5 heteroatoms. The van der Waals surface area contributed by atoms with Crippen molar-refractivity contribution in [1.29, 1.82) is 5.26 Å². The van der Waals surface area contributed by atoms with E-state index in [4.69, 9.17) is 5.26 Å². The van der Waals surface area contributed by atoms with Gasteiger partial charge in [0.15, 0.2) is 0 Å². The summed E-state index contributed by atoms with van der Waals surface area (Å²) in [4.78, 5) is 11.8. The molecule has 2 rings (SSSR count). The summed E-state index contributed by atoms with van der Waals surface area (Å²) in [5, 5.41) is 22.0. The maximum absolute atomic E-state index is 11.8. The largest absolute Gasteiger partial charge is 0.480 e. The van der Waals surface area contributed by atoms with E-state index >= 15 is 0 Å². The van der Waals surface area contributed by atoms with Crippen molar-refractivity contribution >= 4 is 27.6 Å². The number of hydrogen-bond donors (Lipinski definition) is 2. The van der Waals surface area contributed by atoms with Crippen LogP contribution in [0.4, 0.5) is 5.69 Å². The van der Waals surface area contributed by atoms with Crippen LogP contribution < -0.4 is 5.32 Å². The van der Waals surface area contributed by atoms with Crippen molar-refractivity contribution in [3.05, 3.63) is 28.2 Å². The number of nitrogens with zero attached hydrogens (tertiary/aromatic N) is 1. The van der Waals surface area contributed by atoms with Crippen LogP contribution in [-0.4, -0.2) is 16.6 Å². The summed E-state index contributed by atoms with van der Waals surface area (Å²) in [7, 11) is 0. The summed E-state index contributed by atoms with van der Waals surface area (Å²) < 4.78 is 0.827. The monoisotopic (exact) mass is 336 g/mol. The van der Waals surface area contributed by atoms with Crippen molar-refractivity contribution in [1.82, 2.24) is 0 Å². The molecular weight excluding hydrogens is 320 g/mol. The van der Waals surface area contributed by atoms with Crippen LogP contribution >= 0.6 is 15.9 Å². The number of carboxylic acids is 1. The van der Waals surface area contributed by atoms with E-state index < -0.39 is 11.5 Å². The molecule has 20 heavy (non-hydrogen) atoms. The Morgan fingerprint density at radius 1 is 1.30 bits per heavy atom. The number of nitrogens with one attached hydrogen (secondary N) is 1. The van der Waals surface area contributed by atoms with E-state index in [0.29, 0.717) is 24.1 Å². The van der Waals surface area contributed by atoms with Crippen molar-refractivity contribution in [2.75, 3.05) is 5.32 Å². The Bertz CT molecular complexity index is 543. The van der Waals surface area contributed by atoms with Crippen molar-refractivity contribution in [2.24, 2.45) is 0 Å². The number of hydrogen-bond acceptors (Lipinski definition) is 3. The number of benzene rings is 1. The molecule has 106 valence electrons. The van der Waals surface area contributed by atoms with Gasteiger partial charge in [-0.2, -0.15) is 5.26 Å². The summed E-state index contributed by atoms with van der Waals surface area (Å²) >= 11 is 3.36. The predicted molar refractivity (Wildman–Crippen MR) is 80.5 cm³/mol. The average Bonchev–Trinajstić information content (AvgIpc) is 2.66. The van der Waals surface area contributed by atoms with Crippen LogP contribution in [0, 0.1) is 11.3 Å². The molecule has 1 aromatic carbocycles. The molecule has 0 amide bonds. The zero-order valence-corrected chi connectivity index (χ0v) is 12.7. The number of carbonyl (C=O) groups is 1. The fraction of sp³-hybridized carbons (Fsp3) is 0.467. The molecule has 1 saturated carbocycles. The lowest BCUT2D eigenvalue weighted by molar-refractivity contribution is -0.142. The quantitative estimate of drug-likeness (QED) is 0.820.